The van der Waals surface area contributed by atoms with Crippen LogP contribution in [0.5, 0.6) is 0 Å². The Kier molecular flexibility index (Phi) is 9.86. The van der Waals surface area contributed by atoms with Gasteiger partial charge in [-0.15, -0.1) is 0 Å². The van der Waals surface area contributed by atoms with Crippen molar-refractivity contribution in [1.29, 1.82) is 0 Å². The second kappa shape index (κ2) is 13.6. The first-order valence-electron chi connectivity index (χ1n) is 15.6. The normalized spacial score (nSPS) is 22.3. The van der Waals surface area contributed by atoms with Crippen molar-refractivity contribution in [3.05, 3.63) is 29.3 Å². The molecule has 5 rings (SSSR count). The molecule has 4 aliphatic rings. The quantitative estimate of drug-likeness (QED) is 0.312. The average molecular weight is 613 g/mol. The van der Waals surface area contributed by atoms with E-state index >= 15 is 0 Å². The van der Waals surface area contributed by atoms with Gasteiger partial charge >= 0.3 is 6.09 Å². The Hall–Kier alpha value is -3.55. The number of carbonyl (C=O) groups is 5. The Morgan fingerprint density at radius 1 is 0.932 bits per heavy atom. The molecule has 0 bridgehead atoms. The number of likely N-dealkylation sites (tertiary alicyclic amines) is 1. The molecule has 13 heteroatoms. The van der Waals surface area contributed by atoms with Crippen LogP contribution in [0, 0.1) is 0 Å². The molecule has 0 aliphatic carbocycles. The number of nitrogens with zero attached hydrogens (tertiary/aromatic N) is 4. The summed E-state index contributed by atoms with van der Waals surface area (Å²) >= 11 is 0. The number of fused-ring (bicyclic) bond motifs is 1. The van der Waals surface area contributed by atoms with Crippen molar-refractivity contribution in [2.75, 3.05) is 70.9 Å². The number of amides is 5. The summed E-state index contributed by atoms with van der Waals surface area (Å²) in [6.07, 6.45) is 1.95. The minimum atomic E-state index is -0.975. The van der Waals surface area contributed by atoms with Gasteiger partial charge in [-0.05, 0) is 58.2 Å². The van der Waals surface area contributed by atoms with Gasteiger partial charge in [-0.2, -0.15) is 0 Å². The van der Waals surface area contributed by atoms with Crippen LogP contribution in [0.1, 0.15) is 67.2 Å². The lowest BCUT2D eigenvalue weighted by Crippen LogP contribution is -2.54. The molecule has 1 aromatic carbocycles. The number of piperazine rings is 1. The summed E-state index contributed by atoms with van der Waals surface area (Å²) in [5, 5.41) is 5.44. The van der Waals surface area contributed by atoms with E-state index in [0.29, 0.717) is 31.5 Å². The van der Waals surface area contributed by atoms with Crippen LogP contribution < -0.4 is 10.6 Å². The highest BCUT2D eigenvalue weighted by atomic mass is 16.6. The molecule has 4 aliphatic heterocycles. The second-order valence-electron chi connectivity index (χ2n) is 12.8. The summed E-state index contributed by atoms with van der Waals surface area (Å²) in [6, 6.07) is 4.48. The SMILES string of the molecule is CC(C)(C)OC(=O)N1CCC(N2CCN(CCOCCNc3ccc4c(c3)C(=O)N(C3CCC(=O)NC3=O)C4=O)CC2)CC1. The maximum atomic E-state index is 13.0. The van der Waals surface area contributed by atoms with E-state index < -0.39 is 35.3 Å². The van der Waals surface area contributed by atoms with E-state index in [-0.39, 0.29) is 30.1 Å². The average Bonchev–Trinajstić information content (AvgIpc) is 3.23. The molecule has 5 amide bonds. The summed E-state index contributed by atoms with van der Waals surface area (Å²) in [6.45, 7) is 13.7. The summed E-state index contributed by atoms with van der Waals surface area (Å²) in [7, 11) is 0. The number of hydrogen-bond acceptors (Lipinski definition) is 10. The molecule has 1 atom stereocenters. The van der Waals surface area contributed by atoms with Gasteiger partial charge in [0.05, 0.1) is 24.3 Å². The van der Waals surface area contributed by atoms with E-state index in [1.165, 1.54) is 0 Å². The molecule has 0 radical (unpaired) electrons. The smallest absolute Gasteiger partial charge is 0.410 e. The van der Waals surface area contributed by atoms with Crippen molar-refractivity contribution in [3.63, 3.8) is 0 Å². The third-order valence-corrected chi connectivity index (χ3v) is 8.61. The van der Waals surface area contributed by atoms with E-state index in [1.54, 1.807) is 18.2 Å². The highest BCUT2D eigenvalue weighted by Crippen LogP contribution is 2.29. The zero-order valence-electron chi connectivity index (χ0n) is 25.9. The standard InChI is InChI=1S/C31H44N6O7/c1-31(2,3)44-30(42)36-11-8-22(9-12-36)35-15-13-34(14-16-35)17-19-43-18-10-32-21-4-5-23-24(20-21)29(41)37(28(23)40)25-6-7-26(38)33-27(25)39/h4-5,20,22,25,32H,6-19H2,1-3H3,(H,33,38,39). The van der Waals surface area contributed by atoms with Crippen molar-refractivity contribution >= 4 is 35.4 Å². The Morgan fingerprint density at radius 3 is 2.32 bits per heavy atom. The molecule has 0 saturated carbocycles. The number of carbonyl (C=O) groups excluding carboxylic acids is 5. The number of ether oxygens (including phenoxy) is 2. The monoisotopic (exact) mass is 612 g/mol. The van der Waals surface area contributed by atoms with Crippen LogP contribution >= 0.6 is 0 Å². The number of piperidine rings is 2. The van der Waals surface area contributed by atoms with Gasteiger partial charge in [0.15, 0.2) is 0 Å². The van der Waals surface area contributed by atoms with Gasteiger partial charge in [0, 0.05) is 70.5 Å². The number of hydrogen-bond donors (Lipinski definition) is 2. The van der Waals surface area contributed by atoms with E-state index in [9.17, 15) is 24.0 Å². The minimum absolute atomic E-state index is 0.0883. The van der Waals surface area contributed by atoms with Gasteiger partial charge in [0.2, 0.25) is 11.8 Å². The van der Waals surface area contributed by atoms with Crippen molar-refractivity contribution in [3.8, 4) is 0 Å². The van der Waals surface area contributed by atoms with Crippen molar-refractivity contribution in [2.24, 2.45) is 0 Å². The number of nitrogens with one attached hydrogen (secondary N) is 2. The highest BCUT2D eigenvalue weighted by molar-refractivity contribution is 6.23. The molecule has 240 valence electrons. The van der Waals surface area contributed by atoms with Crippen LogP contribution in [0.3, 0.4) is 0 Å². The predicted molar refractivity (Wildman–Crippen MR) is 161 cm³/mol. The predicted octanol–water partition coefficient (Wildman–Crippen LogP) is 1.53. The molecule has 44 heavy (non-hydrogen) atoms. The highest BCUT2D eigenvalue weighted by Gasteiger charge is 2.44. The number of benzene rings is 1. The Morgan fingerprint density at radius 2 is 1.64 bits per heavy atom. The molecule has 2 N–H and O–H groups in total. The first kappa shape index (κ1) is 31.9. The summed E-state index contributed by atoms with van der Waals surface area (Å²) in [5.41, 5.74) is 0.722. The maximum Gasteiger partial charge on any atom is 0.410 e. The van der Waals surface area contributed by atoms with Crippen LogP contribution in [-0.2, 0) is 19.1 Å². The zero-order valence-corrected chi connectivity index (χ0v) is 25.9. The van der Waals surface area contributed by atoms with Gasteiger partial charge < -0.3 is 19.7 Å². The summed E-state index contributed by atoms with van der Waals surface area (Å²) < 4.78 is 11.4. The van der Waals surface area contributed by atoms with E-state index in [0.717, 1.165) is 63.6 Å². The largest absolute Gasteiger partial charge is 0.444 e. The molecule has 0 spiro atoms. The van der Waals surface area contributed by atoms with Crippen molar-refractivity contribution in [2.45, 2.75) is 64.1 Å². The van der Waals surface area contributed by atoms with Crippen molar-refractivity contribution in [1.82, 2.24) is 24.9 Å². The lowest BCUT2D eigenvalue weighted by atomic mass is 10.0. The number of imide groups is 2. The van der Waals surface area contributed by atoms with E-state index in [1.807, 2.05) is 25.7 Å². The molecule has 4 heterocycles. The topological polar surface area (TPSA) is 141 Å². The number of anilines is 1. The molecular weight excluding hydrogens is 568 g/mol. The van der Waals surface area contributed by atoms with Crippen LogP contribution in [-0.4, -0.2) is 133 Å². The lowest BCUT2D eigenvalue weighted by molar-refractivity contribution is -0.136. The van der Waals surface area contributed by atoms with Crippen LogP contribution in [0.2, 0.25) is 0 Å². The molecule has 1 unspecified atom stereocenters. The maximum absolute atomic E-state index is 13.0. The van der Waals surface area contributed by atoms with E-state index in [4.69, 9.17) is 9.47 Å². The second-order valence-corrected chi connectivity index (χ2v) is 12.8. The molecule has 13 nitrogen and oxygen atoms in total. The molecule has 3 fully saturated rings. The molecular formula is C31H44N6O7. The zero-order chi connectivity index (χ0) is 31.4. The Labute approximate surface area is 258 Å². The van der Waals surface area contributed by atoms with Gasteiger partial charge in [0.25, 0.3) is 11.8 Å². The van der Waals surface area contributed by atoms with Gasteiger partial charge in [-0.1, -0.05) is 0 Å². The van der Waals surface area contributed by atoms with Crippen LogP contribution in [0.25, 0.3) is 0 Å². The van der Waals surface area contributed by atoms with Gasteiger partial charge in [-0.25, -0.2) is 4.79 Å². The van der Waals surface area contributed by atoms with Crippen LogP contribution in [0.4, 0.5) is 10.5 Å². The molecule has 3 saturated heterocycles. The fraction of sp³-hybridized carbons (Fsp3) is 0.645. The third kappa shape index (κ3) is 7.56. The Bertz CT molecular complexity index is 1260. The Balaban J connectivity index is 0.965. The first-order chi connectivity index (χ1) is 21.0. The fourth-order valence-electron chi connectivity index (χ4n) is 6.24. The molecule has 1 aromatic rings. The van der Waals surface area contributed by atoms with Crippen LogP contribution in [0.15, 0.2) is 18.2 Å². The fourth-order valence-corrected chi connectivity index (χ4v) is 6.24. The van der Waals surface area contributed by atoms with Gasteiger partial charge in [-0.3, -0.25) is 39.2 Å². The lowest BCUT2D eigenvalue weighted by Gasteiger charge is -2.42. The van der Waals surface area contributed by atoms with Crippen molar-refractivity contribution < 1.29 is 33.4 Å². The minimum Gasteiger partial charge on any atom is -0.444 e. The summed E-state index contributed by atoms with van der Waals surface area (Å²) in [4.78, 5) is 69.7. The summed E-state index contributed by atoms with van der Waals surface area (Å²) in [5.74, 6) is -2.06. The molecule has 0 aromatic heterocycles. The van der Waals surface area contributed by atoms with E-state index in [2.05, 4.69) is 20.4 Å². The first-order valence-corrected chi connectivity index (χ1v) is 15.6. The number of rotatable bonds is 9. The third-order valence-electron chi connectivity index (χ3n) is 8.61. The van der Waals surface area contributed by atoms with Gasteiger partial charge in [0.1, 0.15) is 11.6 Å².